The lowest BCUT2D eigenvalue weighted by molar-refractivity contribution is 0.0952. The van der Waals surface area contributed by atoms with Crippen LogP contribution in [0.25, 0.3) is 11.1 Å². The lowest BCUT2D eigenvalue weighted by Crippen LogP contribution is -2.24. The number of aromatic nitrogens is 1. The second kappa shape index (κ2) is 10.2. The smallest absolute Gasteiger partial charge is 0.255 e. The highest BCUT2D eigenvalue weighted by Gasteiger charge is 2.27. The summed E-state index contributed by atoms with van der Waals surface area (Å²) < 4.78 is 0.855. The second-order valence-electron chi connectivity index (χ2n) is 7.42. The quantitative estimate of drug-likeness (QED) is 0.213. The van der Waals surface area contributed by atoms with E-state index in [4.69, 9.17) is 40.5 Å². The number of hydrogen-bond donors (Lipinski definition) is 3. The molecule has 0 aliphatic rings. The Balaban J connectivity index is 1.75. The summed E-state index contributed by atoms with van der Waals surface area (Å²) in [5.41, 5.74) is 8.76. The van der Waals surface area contributed by atoms with Gasteiger partial charge in [-0.15, -0.1) is 0 Å². The second-order valence-corrected chi connectivity index (χ2v) is 9.62. The standard InChI is InChI=1S/C25H17BrCl3N3O2/c26-16-6-1-13(2-7-16)20-21(25(34)31-12-15-5-10-18(28)11-19(15)29)24(30)32-22(20)23(33)14-3-8-17(27)9-4-14/h1-11,32H,12,30H2,(H,31,34). The van der Waals surface area contributed by atoms with Crippen molar-refractivity contribution in [2.24, 2.45) is 0 Å². The Morgan fingerprint density at radius 2 is 1.56 bits per heavy atom. The number of hydrogen-bond acceptors (Lipinski definition) is 3. The molecule has 0 aliphatic carbocycles. The largest absolute Gasteiger partial charge is 0.385 e. The number of H-pyrrole nitrogens is 1. The number of anilines is 1. The fourth-order valence-electron chi connectivity index (χ4n) is 3.51. The van der Waals surface area contributed by atoms with Crippen LogP contribution in [0.15, 0.2) is 71.2 Å². The molecule has 4 aromatic rings. The van der Waals surface area contributed by atoms with E-state index < -0.39 is 5.91 Å². The zero-order valence-corrected chi connectivity index (χ0v) is 21.3. The van der Waals surface area contributed by atoms with E-state index in [2.05, 4.69) is 26.2 Å². The Kier molecular flexibility index (Phi) is 7.33. The van der Waals surface area contributed by atoms with Gasteiger partial charge in [0.25, 0.3) is 5.91 Å². The first kappa shape index (κ1) is 24.4. The predicted molar refractivity (Wildman–Crippen MR) is 141 cm³/mol. The van der Waals surface area contributed by atoms with Crippen LogP contribution in [0.5, 0.6) is 0 Å². The minimum Gasteiger partial charge on any atom is -0.385 e. The van der Waals surface area contributed by atoms with Gasteiger partial charge >= 0.3 is 0 Å². The van der Waals surface area contributed by atoms with Crippen molar-refractivity contribution in [3.8, 4) is 11.1 Å². The van der Waals surface area contributed by atoms with Crippen molar-refractivity contribution in [2.75, 3.05) is 5.73 Å². The van der Waals surface area contributed by atoms with Crippen molar-refractivity contribution < 1.29 is 9.59 Å². The zero-order chi connectivity index (χ0) is 24.4. The average Bonchev–Trinajstić information content (AvgIpc) is 3.16. The minimum absolute atomic E-state index is 0.0786. The summed E-state index contributed by atoms with van der Waals surface area (Å²) in [6.07, 6.45) is 0. The van der Waals surface area contributed by atoms with Crippen LogP contribution in [0.1, 0.15) is 32.0 Å². The number of rotatable bonds is 6. The fraction of sp³-hybridized carbons (Fsp3) is 0.0400. The highest BCUT2D eigenvalue weighted by atomic mass is 79.9. The molecule has 0 bridgehead atoms. The molecule has 34 heavy (non-hydrogen) atoms. The number of ketones is 1. The van der Waals surface area contributed by atoms with Gasteiger partial charge in [0.1, 0.15) is 5.82 Å². The normalized spacial score (nSPS) is 10.8. The third-order valence-corrected chi connectivity index (χ3v) is 6.54. The van der Waals surface area contributed by atoms with Crippen LogP contribution >= 0.6 is 50.7 Å². The number of carbonyl (C=O) groups excluding carboxylic acids is 2. The van der Waals surface area contributed by atoms with E-state index in [0.29, 0.717) is 37.3 Å². The van der Waals surface area contributed by atoms with Crippen molar-refractivity contribution in [2.45, 2.75) is 6.54 Å². The molecule has 5 nitrogen and oxygen atoms in total. The van der Waals surface area contributed by atoms with Crippen LogP contribution in [-0.2, 0) is 6.54 Å². The van der Waals surface area contributed by atoms with Crippen LogP contribution in [0, 0.1) is 0 Å². The molecule has 3 aromatic carbocycles. The summed E-state index contributed by atoms with van der Waals surface area (Å²) >= 11 is 21.6. The lowest BCUT2D eigenvalue weighted by Gasteiger charge is -2.10. The summed E-state index contributed by atoms with van der Waals surface area (Å²) in [6, 6.07) is 18.8. The Morgan fingerprint density at radius 3 is 2.21 bits per heavy atom. The number of nitrogens with two attached hydrogens (primary N) is 1. The molecule has 9 heteroatoms. The number of carbonyl (C=O) groups is 2. The van der Waals surface area contributed by atoms with Gasteiger partial charge in [-0.3, -0.25) is 9.59 Å². The summed E-state index contributed by atoms with van der Waals surface area (Å²) in [4.78, 5) is 29.6. The molecule has 1 aromatic heterocycles. The zero-order valence-electron chi connectivity index (χ0n) is 17.5. The molecule has 1 heterocycles. The molecule has 0 atom stereocenters. The van der Waals surface area contributed by atoms with E-state index in [1.54, 1.807) is 54.6 Å². The third-order valence-electron chi connectivity index (χ3n) is 5.18. The molecule has 4 rings (SSSR count). The maximum atomic E-state index is 13.4. The van der Waals surface area contributed by atoms with Crippen LogP contribution in [0.3, 0.4) is 0 Å². The van der Waals surface area contributed by atoms with Gasteiger partial charge in [-0.25, -0.2) is 0 Å². The topological polar surface area (TPSA) is 88.0 Å². The number of amides is 1. The monoisotopic (exact) mass is 575 g/mol. The van der Waals surface area contributed by atoms with Gasteiger partial charge in [0.05, 0.1) is 11.3 Å². The molecule has 4 N–H and O–H groups in total. The third kappa shape index (κ3) is 5.15. The first-order valence-electron chi connectivity index (χ1n) is 10.0. The molecule has 0 radical (unpaired) electrons. The van der Waals surface area contributed by atoms with Crippen molar-refractivity contribution in [1.82, 2.24) is 10.3 Å². The molecule has 1 amide bonds. The van der Waals surface area contributed by atoms with Crippen LogP contribution in [0.2, 0.25) is 15.1 Å². The summed E-state index contributed by atoms with van der Waals surface area (Å²) in [6.45, 7) is 0.152. The Labute approximate surface area is 219 Å². The summed E-state index contributed by atoms with van der Waals surface area (Å²) in [7, 11) is 0. The van der Waals surface area contributed by atoms with Crippen LogP contribution < -0.4 is 11.1 Å². The molecule has 0 unspecified atom stereocenters. The molecular formula is C25H17BrCl3N3O2. The number of nitrogens with one attached hydrogen (secondary N) is 2. The van der Waals surface area contributed by atoms with Crippen molar-refractivity contribution in [3.05, 3.63) is 109 Å². The van der Waals surface area contributed by atoms with Crippen molar-refractivity contribution >= 4 is 68.2 Å². The Morgan fingerprint density at radius 1 is 0.912 bits per heavy atom. The molecule has 0 fully saturated rings. The van der Waals surface area contributed by atoms with Crippen molar-refractivity contribution in [1.29, 1.82) is 0 Å². The summed E-state index contributed by atoms with van der Waals surface area (Å²) in [5, 5.41) is 4.27. The lowest BCUT2D eigenvalue weighted by atomic mass is 9.96. The highest BCUT2D eigenvalue weighted by molar-refractivity contribution is 9.10. The van der Waals surface area contributed by atoms with Gasteiger partial charge in [-0.05, 0) is 59.7 Å². The van der Waals surface area contributed by atoms with E-state index in [9.17, 15) is 9.59 Å². The van der Waals surface area contributed by atoms with E-state index in [1.165, 1.54) is 0 Å². The van der Waals surface area contributed by atoms with E-state index in [1.807, 2.05) is 12.1 Å². The number of halogens is 4. The van der Waals surface area contributed by atoms with Gasteiger partial charge in [0.2, 0.25) is 5.78 Å². The van der Waals surface area contributed by atoms with Crippen LogP contribution in [0.4, 0.5) is 5.82 Å². The fourth-order valence-corrected chi connectivity index (χ4v) is 4.37. The molecule has 0 saturated heterocycles. The number of benzene rings is 3. The highest BCUT2D eigenvalue weighted by Crippen LogP contribution is 2.34. The van der Waals surface area contributed by atoms with Gasteiger partial charge in [0.15, 0.2) is 0 Å². The van der Waals surface area contributed by atoms with Gasteiger partial charge in [-0.1, -0.05) is 68.9 Å². The Hall–Kier alpha value is -2.77. The molecule has 0 aliphatic heterocycles. The maximum Gasteiger partial charge on any atom is 0.255 e. The molecule has 172 valence electrons. The van der Waals surface area contributed by atoms with E-state index >= 15 is 0 Å². The van der Waals surface area contributed by atoms with E-state index in [0.717, 1.165) is 4.47 Å². The number of nitrogen functional groups attached to an aromatic ring is 1. The SMILES string of the molecule is Nc1[nH]c(C(=O)c2ccc(Cl)cc2)c(-c2ccc(Br)cc2)c1C(=O)NCc1ccc(Cl)cc1Cl. The average molecular weight is 578 g/mol. The minimum atomic E-state index is -0.451. The van der Waals surface area contributed by atoms with Crippen molar-refractivity contribution in [3.63, 3.8) is 0 Å². The van der Waals surface area contributed by atoms with E-state index in [-0.39, 0.29) is 29.4 Å². The Bertz CT molecular complexity index is 1380. The molecular weight excluding hydrogens is 561 g/mol. The summed E-state index contributed by atoms with van der Waals surface area (Å²) in [5.74, 6) is -0.691. The van der Waals surface area contributed by atoms with Gasteiger partial charge in [0, 0.05) is 37.2 Å². The number of aromatic amines is 1. The maximum absolute atomic E-state index is 13.4. The first-order valence-corrected chi connectivity index (χ1v) is 12.0. The molecule has 0 saturated carbocycles. The molecule has 0 spiro atoms. The predicted octanol–water partition coefficient (Wildman–Crippen LogP) is 7.15. The first-order chi connectivity index (χ1) is 16.2. The van der Waals surface area contributed by atoms with Crippen LogP contribution in [-0.4, -0.2) is 16.7 Å². The van der Waals surface area contributed by atoms with Gasteiger partial charge < -0.3 is 16.0 Å². The van der Waals surface area contributed by atoms with Gasteiger partial charge in [-0.2, -0.15) is 0 Å².